The molecule has 0 aliphatic carbocycles. The number of aromatic nitrogens is 2. The molecule has 0 unspecified atom stereocenters. The Labute approximate surface area is 137 Å². The summed E-state index contributed by atoms with van der Waals surface area (Å²) in [6.45, 7) is 0.616. The summed E-state index contributed by atoms with van der Waals surface area (Å²) in [7, 11) is 0. The number of rotatable bonds is 2. The van der Waals surface area contributed by atoms with Crippen molar-refractivity contribution in [1.82, 2.24) is 9.97 Å². The van der Waals surface area contributed by atoms with Gasteiger partial charge in [0.2, 0.25) is 0 Å². The average Bonchev–Trinajstić information content (AvgIpc) is 3.08. The molecule has 112 valence electrons. The summed E-state index contributed by atoms with van der Waals surface area (Å²) in [4.78, 5) is 9.21. The van der Waals surface area contributed by atoms with Crippen LogP contribution in [0.3, 0.4) is 0 Å². The summed E-state index contributed by atoms with van der Waals surface area (Å²) < 4.78 is 1.19. The minimum atomic E-state index is 0.616. The van der Waals surface area contributed by atoms with Gasteiger partial charge in [-0.25, -0.2) is 4.98 Å². The highest BCUT2D eigenvalue weighted by molar-refractivity contribution is 7.17. The average molecular weight is 318 g/mol. The second-order valence-electron chi connectivity index (χ2n) is 5.68. The molecule has 0 fully saturated rings. The Hall–Kier alpha value is -2.50. The van der Waals surface area contributed by atoms with Crippen molar-refractivity contribution in [2.75, 3.05) is 11.9 Å². The van der Waals surface area contributed by atoms with Crippen molar-refractivity contribution >= 4 is 43.8 Å². The Balaban J connectivity index is 2.02. The van der Waals surface area contributed by atoms with Crippen LogP contribution >= 0.6 is 11.3 Å². The Morgan fingerprint density at radius 2 is 1.96 bits per heavy atom. The largest absolute Gasteiger partial charge is 0.354 e. The molecular formula is C18H14N4S. The van der Waals surface area contributed by atoms with Crippen LogP contribution in [0.1, 0.15) is 5.56 Å². The van der Waals surface area contributed by atoms with Crippen LogP contribution < -0.4 is 11.1 Å². The topological polar surface area (TPSA) is 63.8 Å². The van der Waals surface area contributed by atoms with E-state index in [1.54, 1.807) is 11.3 Å². The fourth-order valence-corrected chi connectivity index (χ4v) is 4.37. The molecule has 0 spiro atoms. The fourth-order valence-electron chi connectivity index (χ4n) is 3.49. The minimum Gasteiger partial charge on any atom is -0.354 e. The third-order valence-electron chi connectivity index (χ3n) is 4.44. The quantitative estimate of drug-likeness (QED) is 0.515. The van der Waals surface area contributed by atoms with Gasteiger partial charge < -0.3 is 11.1 Å². The van der Waals surface area contributed by atoms with Crippen LogP contribution in [0, 0.1) is 0 Å². The number of nitrogens with one attached hydrogen (secondary N) is 1. The lowest BCUT2D eigenvalue weighted by atomic mass is 9.91. The van der Waals surface area contributed by atoms with E-state index in [0.717, 1.165) is 34.2 Å². The van der Waals surface area contributed by atoms with E-state index in [1.165, 1.54) is 21.4 Å². The maximum Gasteiger partial charge on any atom is 0.108 e. The smallest absolute Gasteiger partial charge is 0.108 e. The number of pyridine rings is 1. The predicted molar refractivity (Wildman–Crippen MR) is 96.4 cm³/mol. The van der Waals surface area contributed by atoms with Crippen LogP contribution in [0.2, 0.25) is 0 Å². The molecule has 5 heteroatoms. The van der Waals surface area contributed by atoms with Gasteiger partial charge in [0.05, 0.1) is 15.9 Å². The number of para-hydroxylation sites is 1. The number of fused-ring (bicyclic) bond motifs is 4. The number of hydrogen-bond donors (Lipinski definition) is 2. The second kappa shape index (κ2) is 4.75. The van der Waals surface area contributed by atoms with E-state index in [1.807, 2.05) is 11.7 Å². The molecule has 3 N–H and O–H groups in total. The molecule has 4 aromatic rings. The molecule has 1 aliphatic rings. The summed E-state index contributed by atoms with van der Waals surface area (Å²) in [5.41, 5.74) is 15.7. The standard InChI is InChI=1S/C18H14N4S/c19-7-5-12-15-14-11(10-3-1-2-4-13(10)22-15)6-8-20-16(14)17-18(12)23-9-21-17/h1-4,6,8-9,22H,5,7,19H2. The molecule has 0 atom stereocenters. The Morgan fingerprint density at radius 3 is 2.87 bits per heavy atom. The summed E-state index contributed by atoms with van der Waals surface area (Å²) in [5, 5.41) is 4.78. The Bertz CT molecular complexity index is 1070. The molecule has 4 nitrogen and oxygen atoms in total. The maximum atomic E-state index is 5.88. The van der Waals surface area contributed by atoms with Crippen LogP contribution in [0.4, 0.5) is 11.4 Å². The number of nitrogens with zero attached hydrogens (tertiary/aromatic N) is 2. The highest BCUT2D eigenvalue weighted by Gasteiger charge is 2.24. The summed E-state index contributed by atoms with van der Waals surface area (Å²) >= 11 is 1.66. The third-order valence-corrected chi connectivity index (χ3v) is 5.33. The van der Waals surface area contributed by atoms with E-state index in [-0.39, 0.29) is 0 Å². The summed E-state index contributed by atoms with van der Waals surface area (Å²) in [6.07, 6.45) is 2.71. The highest BCUT2D eigenvalue weighted by atomic mass is 32.1. The first-order valence-electron chi connectivity index (χ1n) is 7.61. The highest BCUT2D eigenvalue weighted by Crippen LogP contribution is 2.47. The van der Waals surface area contributed by atoms with Gasteiger partial charge in [0, 0.05) is 22.8 Å². The van der Waals surface area contributed by atoms with Crippen LogP contribution in [0.15, 0.2) is 42.0 Å². The van der Waals surface area contributed by atoms with Gasteiger partial charge in [0.15, 0.2) is 0 Å². The molecule has 3 heterocycles. The van der Waals surface area contributed by atoms with E-state index in [2.05, 4.69) is 45.6 Å². The predicted octanol–water partition coefficient (Wildman–Crippen LogP) is 4.07. The lowest BCUT2D eigenvalue weighted by Crippen LogP contribution is -2.09. The molecule has 23 heavy (non-hydrogen) atoms. The lowest BCUT2D eigenvalue weighted by molar-refractivity contribution is 0.981. The molecular weight excluding hydrogens is 304 g/mol. The second-order valence-corrected chi connectivity index (χ2v) is 6.53. The number of benzene rings is 2. The number of anilines is 2. The van der Waals surface area contributed by atoms with Gasteiger partial charge >= 0.3 is 0 Å². The Morgan fingerprint density at radius 1 is 1.04 bits per heavy atom. The Kier molecular flexibility index (Phi) is 2.68. The van der Waals surface area contributed by atoms with Gasteiger partial charge in [0.1, 0.15) is 11.0 Å². The molecule has 2 aromatic heterocycles. The normalized spacial score (nSPS) is 12.4. The molecule has 5 rings (SSSR count). The van der Waals surface area contributed by atoms with Gasteiger partial charge in [0.25, 0.3) is 0 Å². The van der Waals surface area contributed by atoms with Crippen molar-refractivity contribution in [3.05, 3.63) is 47.6 Å². The van der Waals surface area contributed by atoms with Gasteiger partial charge in [-0.2, -0.15) is 0 Å². The molecule has 0 radical (unpaired) electrons. The SMILES string of the molecule is NCCc1c2c3c(ccnc3c3ncsc13)-c1ccccc1N2. The number of hydrogen-bond acceptors (Lipinski definition) is 5. The zero-order valence-electron chi connectivity index (χ0n) is 12.3. The lowest BCUT2D eigenvalue weighted by Gasteiger charge is -2.24. The first-order chi connectivity index (χ1) is 11.4. The number of thiazole rings is 1. The summed E-state index contributed by atoms with van der Waals surface area (Å²) in [6, 6.07) is 10.5. The van der Waals surface area contributed by atoms with Gasteiger partial charge in [-0.3, -0.25) is 4.98 Å². The van der Waals surface area contributed by atoms with Crippen molar-refractivity contribution < 1.29 is 0 Å². The van der Waals surface area contributed by atoms with E-state index in [0.29, 0.717) is 6.54 Å². The fraction of sp³-hybridized carbons (Fsp3) is 0.111. The molecule has 0 saturated carbocycles. The van der Waals surface area contributed by atoms with Crippen LogP contribution in [-0.2, 0) is 6.42 Å². The van der Waals surface area contributed by atoms with Crippen molar-refractivity contribution in [2.24, 2.45) is 5.73 Å². The zero-order valence-corrected chi connectivity index (χ0v) is 13.2. The van der Waals surface area contributed by atoms with Crippen molar-refractivity contribution in [3.63, 3.8) is 0 Å². The van der Waals surface area contributed by atoms with E-state index in [4.69, 9.17) is 5.73 Å². The summed E-state index contributed by atoms with van der Waals surface area (Å²) in [5.74, 6) is 0. The van der Waals surface area contributed by atoms with Crippen molar-refractivity contribution in [2.45, 2.75) is 6.42 Å². The van der Waals surface area contributed by atoms with Crippen LogP contribution in [0.5, 0.6) is 0 Å². The first kappa shape index (κ1) is 13.0. The number of nitrogens with two attached hydrogens (primary N) is 1. The van der Waals surface area contributed by atoms with E-state index >= 15 is 0 Å². The van der Waals surface area contributed by atoms with E-state index < -0.39 is 0 Å². The van der Waals surface area contributed by atoms with Gasteiger partial charge in [-0.1, -0.05) is 18.2 Å². The minimum absolute atomic E-state index is 0.616. The van der Waals surface area contributed by atoms with E-state index in [9.17, 15) is 0 Å². The van der Waals surface area contributed by atoms with Crippen molar-refractivity contribution in [1.29, 1.82) is 0 Å². The molecule has 2 aromatic carbocycles. The van der Waals surface area contributed by atoms with Gasteiger partial charge in [-0.05, 0) is 36.2 Å². The van der Waals surface area contributed by atoms with Crippen LogP contribution in [-0.4, -0.2) is 16.5 Å². The van der Waals surface area contributed by atoms with Gasteiger partial charge in [-0.15, -0.1) is 11.3 Å². The molecule has 0 amide bonds. The molecule has 0 bridgehead atoms. The first-order valence-corrected chi connectivity index (χ1v) is 8.49. The molecule has 1 aliphatic heterocycles. The molecule has 0 saturated heterocycles. The van der Waals surface area contributed by atoms with Crippen LogP contribution in [0.25, 0.3) is 32.2 Å². The zero-order chi connectivity index (χ0) is 15.4. The maximum absolute atomic E-state index is 5.88. The third kappa shape index (κ3) is 1.69. The monoisotopic (exact) mass is 318 g/mol. The van der Waals surface area contributed by atoms with Crippen molar-refractivity contribution in [3.8, 4) is 11.1 Å².